The summed E-state index contributed by atoms with van der Waals surface area (Å²) in [6.45, 7) is 5.12. The number of nitro groups is 1. The summed E-state index contributed by atoms with van der Waals surface area (Å²) in [7, 11) is -3.90. The molecule has 0 aliphatic carbocycles. The highest BCUT2D eigenvalue weighted by atomic mass is 32.2. The first-order chi connectivity index (χ1) is 12.9. The molecular weight excluding hydrogens is 372 g/mol. The van der Waals surface area contributed by atoms with Gasteiger partial charge in [-0.15, -0.1) is 0 Å². The summed E-state index contributed by atoms with van der Waals surface area (Å²) in [6.07, 6.45) is 3.47. The van der Waals surface area contributed by atoms with Crippen LogP contribution in [0.15, 0.2) is 28.2 Å². The molecule has 0 spiro atoms. The molecule has 0 aromatic heterocycles. The van der Waals surface area contributed by atoms with Gasteiger partial charge in [0.15, 0.2) is 0 Å². The highest BCUT2D eigenvalue weighted by Crippen LogP contribution is 2.29. The quantitative estimate of drug-likeness (QED) is 0.388. The topological polar surface area (TPSA) is 114 Å². The van der Waals surface area contributed by atoms with Crippen LogP contribution in [0, 0.1) is 10.1 Å². The molecule has 1 heterocycles. The Hall–Kier alpha value is -2.04. The van der Waals surface area contributed by atoms with Gasteiger partial charge in [-0.1, -0.05) is 26.7 Å². The lowest BCUT2D eigenvalue weighted by molar-refractivity contribution is -0.385. The second kappa shape index (κ2) is 9.77. The van der Waals surface area contributed by atoms with Crippen molar-refractivity contribution in [3.63, 3.8) is 0 Å². The highest BCUT2D eigenvalue weighted by Gasteiger charge is 2.30. The van der Waals surface area contributed by atoms with E-state index in [1.165, 1.54) is 16.4 Å². The third-order valence-electron chi connectivity index (χ3n) is 4.18. The highest BCUT2D eigenvalue weighted by molar-refractivity contribution is 7.89. The maximum atomic E-state index is 13.0. The third-order valence-corrected chi connectivity index (χ3v) is 6.11. The van der Waals surface area contributed by atoms with Gasteiger partial charge in [0.2, 0.25) is 10.0 Å². The van der Waals surface area contributed by atoms with E-state index in [4.69, 9.17) is 4.74 Å². The molecule has 0 amide bonds. The number of hydrazone groups is 1. The van der Waals surface area contributed by atoms with E-state index in [1.807, 2.05) is 13.8 Å². The molecule has 1 saturated heterocycles. The summed E-state index contributed by atoms with van der Waals surface area (Å²) in [4.78, 5) is 10.4. The first kappa shape index (κ1) is 21.3. The number of hydrogen-bond donors (Lipinski definition) is 1. The Balaban J connectivity index is 2.42. The molecule has 9 nitrogen and oxygen atoms in total. The molecule has 2 rings (SSSR count). The summed E-state index contributed by atoms with van der Waals surface area (Å²) in [5, 5.41) is 15.5. The molecule has 1 aromatic rings. The van der Waals surface area contributed by atoms with Crippen LogP contribution >= 0.6 is 0 Å². The predicted molar refractivity (Wildman–Crippen MR) is 104 cm³/mol. The number of nitrogens with zero attached hydrogens (tertiary/aromatic N) is 3. The summed E-state index contributed by atoms with van der Waals surface area (Å²) in [5.41, 5.74) is 3.71. The van der Waals surface area contributed by atoms with E-state index in [0.29, 0.717) is 13.2 Å². The average molecular weight is 398 g/mol. The van der Waals surface area contributed by atoms with E-state index >= 15 is 0 Å². The zero-order valence-electron chi connectivity index (χ0n) is 15.7. The second-order valence-corrected chi connectivity index (χ2v) is 8.15. The summed E-state index contributed by atoms with van der Waals surface area (Å²) < 4.78 is 32.6. The van der Waals surface area contributed by atoms with Gasteiger partial charge in [-0.25, -0.2) is 8.42 Å². The van der Waals surface area contributed by atoms with Gasteiger partial charge in [0.05, 0.1) is 23.8 Å². The van der Waals surface area contributed by atoms with Crippen LogP contribution in [0.25, 0.3) is 0 Å². The van der Waals surface area contributed by atoms with Crippen molar-refractivity contribution in [1.82, 2.24) is 4.31 Å². The fourth-order valence-electron chi connectivity index (χ4n) is 2.81. The van der Waals surface area contributed by atoms with Crippen LogP contribution in [-0.2, 0) is 14.8 Å². The van der Waals surface area contributed by atoms with Gasteiger partial charge >= 0.3 is 0 Å². The van der Waals surface area contributed by atoms with Crippen LogP contribution in [0.2, 0.25) is 0 Å². The van der Waals surface area contributed by atoms with Crippen LogP contribution < -0.4 is 5.43 Å². The summed E-state index contributed by atoms with van der Waals surface area (Å²) in [5.74, 6) is 0. The number of ether oxygens (including phenoxy) is 1. The maximum absolute atomic E-state index is 13.0. The predicted octanol–water partition coefficient (Wildman–Crippen LogP) is 2.98. The Labute approximate surface area is 159 Å². The first-order valence-corrected chi connectivity index (χ1v) is 10.5. The minimum Gasteiger partial charge on any atom is -0.379 e. The van der Waals surface area contributed by atoms with Crippen molar-refractivity contribution >= 4 is 27.1 Å². The van der Waals surface area contributed by atoms with Crippen LogP contribution in [0.1, 0.15) is 39.5 Å². The van der Waals surface area contributed by atoms with Gasteiger partial charge in [0, 0.05) is 30.9 Å². The second-order valence-electron chi connectivity index (χ2n) is 6.24. The van der Waals surface area contributed by atoms with E-state index in [1.54, 1.807) is 0 Å². The molecule has 0 unspecified atom stereocenters. The molecule has 1 fully saturated rings. The molecule has 10 heteroatoms. The molecule has 1 N–H and O–H groups in total. The maximum Gasteiger partial charge on any atom is 0.270 e. The van der Waals surface area contributed by atoms with Gasteiger partial charge in [-0.3, -0.25) is 15.5 Å². The first-order valence-electron chi connectivity index (χ1n) is 9.08. The molecule has 150 valence electrons. The Morgan fingerprint density at radius 3 is 2.44 bits per heavy atom. The fourth-order valence-corrected chi connectivity index (χ4v) is 4.38. The number of nitro benzene ring substituents is 1. The lowest BCUT2D eigenvalue weighted by Crippen LogP contribution is -2.40. The van der Waals surface area contributed by atoms with Gasteiger partial charge < -0.3 is 4.74 Å². The van der Waals surface area contributed by atoms with E-state index in [9.17, 15) is 18.5 Å². The standard InChI is InChI=1S/C17H26N4O5S/c1-3-5-14(6-4-2)18-19-16-8-7-15(21(22)23)13-17(16)27(24,25)20-9-11-26-12-10-20/h7-8,13,19H,3-6,9-12H2,1-2H3. The van der Waals surface area contributed by atoms with Crippen LogP contribution in [0.4, 0.5) is 11.4 Å². The summed E-state index contributed by atoms with van der Waals surface area (Å²) >= 11 is 0. The van der Waals surface area contributed by atoms with Crippen molar-refractivity contribution in [3.05, 3.63) is 28.3 Å². The zero-order chi connectivity index (χ0) is 19.9. The Kier molecular flexibility index (Phi) is 7.69. The van der Waals surface area contributed by atoms with Crippen LogP contribution in [0.3, 0.4) is 0 Å². The van der Waals surface area contributed by atoms with Crippen molar-refractivity contribution < 1.29 is 18.1 Å². The number of nitrogens with one attached hydrogen (secondary N) is 1. The lowest BCUT2D eigenvalue weighted by Gasteiger charge is -2.26. The zero-order valence-corrected chi connectivity index (χ0v) is 16.5. The van der Waals surface area contributed by atoms with E-state index in [2.05, 4.69) is 10.5 Å². The number of rotatable bonds is 9. The van der Waals surface area contributed by atoms with Gasteiger partial charge in [0.1, 0.15) is 4.90 Å². The number of hydrogen-bond acceptors (Lipinski definition) is 7. The average Bonchev–Trinajstić information content (AvgIpc) is 2.67. The molecule has 0 atom stereocenters. The number of sulfonamides is 1. The molecule has 1 aliphatic rings. The number of benzene rings is 1. The van der Waals surface area contributed by atoms with Gasteiger partial charge in [-0.05, 0) is 18.9 Å². The minimum atomic E-state index is -3.90. The van der Waals surface area contributed by atoms with Gasteiger partial charge in [-0.2, -0.15) is 9.41 Å². The van der Waals surface area contributed by atoms with Crippen molar-refractivity contribution in [2.24, 2.45) is 5.10 Å². The van der Waals surface area contributed by atoms with E-state index in [0.717, 1.165) is 37.5 Å². The number of morpholine rings is 1. The smallest absolute Gasteiger partial charge is 0.270 e. The lowest BCUT2D eigenvalue weighted by atomic mass is 10.1. The minimum absolute atomic E-state index is 0.144. The van der Waals surface area contributed by atoms with E-state index < -0.39 is 14.9 Å². The van der Waals surface area contributed by atoms with Crippen molar-refractivity contribution in [1.29, 1.82) is 0 Å². The monoisotopic (exact) mass is 398 g/mol. The third kappa shape index (κ3) is 5.47. The Bertz CT molecular complexity index is 781. The largest absolute Gasteiger partial charge is 0.379 e. The molecule has 0 saturated carbocycles. The van der Waals surface area contributed by atoms with Crippen LogP contribution in [0.5, 0.6) is 0 Å². The molecular formula is C17H26N4O5S. The van der Waals surface area contributed by atoms with Crippen LogP contribution in [-0.4, -0.2) is 49.7 Å². The molecule has 1 aromatic carbocycles. The van der Waals surface area contributed by atoms with E-state index in [-0.39, 0.29) is 29.4 Å². The molecule has 1 aliphatic heterocycles. The molecule has 27 heavy (non-hydrogen) atoms. The van der Waals surface area contributed by atoms with Gasteiger partial charge in [0.25, 0.3) is 5.69 Å². The number of anilines is 1. The SMILES string of the molecule is CCCC(CCC)=NNc1ccc([N+](=O)[O-])cc1S(=O)(=O)N1CCOCC1. The van der Waals surface area contributed by atoms with Crippen molar-refractivity contribution in [3.8, 4) is 0 Å². The Morgan fingerprint density at radius 1 is 1.26 bits per heavy atom. The Morgan fingerprint density at radius 2 is 1.89 bits per heavy atom. The molecule has 0 bridgehead atoms. The molecule has 0 radical (unpaired) electrons. The fraction of sp³-hybridized carbons (Fsp3) is 0.588. The number of non-ortho nitro benzene ring substituents is 1. The normalized spacial score (nSPS) is 15.3. The van der Waals surface area contributed by atoms with Crippen molar-refractivity contribution in [2.75, 3.05) is 31.7 Å². The summed E-state index contributed by atoms with van der Waals surface area (Å²) in [6, 6.07) is 3.75. The van der Waals surface area contributed by atoms with Crippen molar-refractivity contribution in [2.45, 2.75) is 44.4 Å².